The third-order valence-electron chi connectivity index (χ3n) is 4.04. The molecule has 0 aliphatic carbocycles. The molecule has 2 N–H and O–H groups in total. The molecule has 1 aromatic heterocycles. The molecule has 1 amide bonds. The van der Waals surface area contributed by atoms with E-state index in [2.05, 4.69) is 27.5 Å². The number of nitriles is 2. The molecule has 0 bridgehead atoms. The van der Waals surface area contributed by atoms with E-state index in [0.29, 0.717) is 31.0 Å². The molecule has 1 atom stereocenters. The molecule has 7 nitrogen and oxygen atoms in total. The molecule has 0 spiro atoms. The number of likely N-dealkylation sites (tertiary alicyclic amines) is 1. The molecule has 0 saturated carbocycles. The minimum atomic E-state index is -0.119. The molecule has 1 aliphatic heterocycles. The van der Waals surface area contributed by atoms with E-state index in [1.54, 1.807) is 29.3 Å². The van der Waals surface area contributed by atoms with E-state index in [-0.39, 0.29) is 11.8 Å². The number of aromatic nitrogens is 2. The van der Waals surface area contributed by atoms with Gasteiger partial charge in [-0.3, -0.25) is 10.1 Å². The van der Waals surface area contributed by atoms with Crippen LogP contribution >= 0.6 is 0 Å². The summed E-state index contributed by atoms with van der Waals surface area (Å²) in [6, 6.07) is 9.25. The fraction of sp³-hybridized carbons (Fsp3) is 0.294. The third kappa shape index (κ3) is 3.53. The van der Waals surface area contributed by atoms with Crippen molar-refractivity contribution in [2.45, 2.75) is 12.8 Å². The van der Waals surface area contributed by atoms with Gasteiger partial charge in [-0.1, -0.05) is 12.1 Å². The van der Waals surface area contributed by atoms with Gasteiger partial charge < -0.3 is 9.88 Å². The van der Waals surface area contributed by atoms with Gasteiger partial charge in [0.15, 0.2) is 6.19 Å². The first kappa shape index (κ1) is 15.6. The van der Waals surface area contributed by atoms with E-state index < -0.39 is 0 Å². The number of hydrogen-bond acceptors (Lipinski definition) is 5. The van der Waals surface area contributed by atoms with Crippen LogP contribution in [0.25, 0.3) is 11.3 Å². The van der Waals surface area contributed by atoms with Gasteiger partial charge in [-0.05, 0) is 24.5 Å². The van der Waals surface area contributed by atoms with Gasteiger partial charge in [0.05, 0.1) is 23.5 Å². The first-order chi connectivity index (χ1) is 11.7. The highest BCUT2D eigenvalue weighted by Gasteiger charge is 2.24. The molecule has 1 unspecified atom stereocenters. The summed E-state index contributed by atoms with van der Waals surface area (Å²) in [5, 5.41) is 20.5. The molecule has 120 valence electrons. The fourth-order valence-corrected chi connectivity index (χ4v) is 2.82. The minimum Gasteiger partial charge on any atom is -0.324 e. The Balaban J connectivity index is 1.61. The molecule has 0 radical (unpaired) electrons. The van der Waals surface area contributed by atoms with Crippen LogP contribution in [0.3, 0.4) is 0 Å². The Morgan fingerprint density at radius 1 is 1.46 bits per heavy atom. The van der Waals surface area contributed by atoms with Gasteiger partial charge >= 0.3 is 0 Å². The van der Waals surface area contributed by atoms with E-state index in [4.69, 9.17) is 10.5 Å². The first-order valence-corrected chi connectivity index (χ1v) is 7.68. The molecule has 1 aromatic carbocycles. The van der Waals surface area contributed by atoms with E-state index in [9.17, 15) is 4.79 Å². The predicted molar refractivity (Wildman–Crippen MR) is 87.3 cm³/mol. The second-order valence-electron chi connectivity index (χ2n) is 5.79. The van der Waals surface area contributed by atoms with Crippen LogP contribution < -0.4 is 5.32 Å². The monoisotopic (exact) mass is 320 g/mol. The Kier molecular flexibility index (Phi) is 4.44. The number of hydrogen-bond donors (Lipinski definition) is 2. The van der Waals surface area contributed by atoms with Gasteiger partial charge in [-0.2, -0.15) is 10.5 Å². The lowest BCUT2D eigenvalue weighted by molar-refractivity contribution is -0.117. The summed E-state index contributed by atoms with van der Waals surface area (Å²) in [5.74, 6) is 0.463. The lowest BCUT2D eigenvalue weighted by Gasteiger charge is -2.08. The number of aromatic amines is 1. The van der Waals surface area contributed by atoms with E-state index >= 15 is 0 Å². The fourth-order valence-electron chi connectivity index (χ4n) is 2.82. The average molecular weight is 320 g/mol. The number of nitrogens with one attached hydrogen (secondary N) is 2. The summed E-state index contributed by atoms with van der Waals surface area (Å²) in [5.41, 5.74) is 2.14. The van der Waals surface area contributed by atoms with Gasteiger partial charge in [-0.15, -0.1) is 0 Å². The van der Waals surface area contributed by atoms with Crippen molar-refractivity contribution in [1.29, 1.82) is 10.5 Å². The second-order valence-corrected chi connectivity index (χ2v) is 5.79. The maximum absolute atomic E-state index is 12.1. The van der Waals surface area contributed by atoms with Crippen LogP contribution in [0.4, 0.5) is 5.95 Å². The zero-order chi connectivity index (χ0) is 16.9. The highest BCUT2D eigenvalue weighted by Crippen LogP contribution is 2.21. The number of benzene rings is 1. The average Bonchev–Trinajstić information content (AvgIpc) is 3.24. The molecule has 7 heteroatoms. The summed E-state index contributed by atoms with van der Waals surface area (Å²) < 4.78 is 0. The molecule has 1 fully saturated rings. The maximum Gasteiger partial charge on any atom is 0.227 e. The SMILES string of the molecule is N#Cc1cccc(-c2cnc(NC(=O)CC3CCN(C#N)C3)[nH]2)c1. The molecule has 24 heavy (non-hydrogen) atoms. The number of H-pyrrole nitrogens is 1. The van der Waals surface area contributed by atoms with Crippen LogP contribution in [-0.4, -0.2) is 33.9 Å². The summed E-state index contributed by atoms with van der Waals surface area (Å²) in [4.78, 5) is 21.0. The van der Waals surface area contributed by atoms with Crippen LogP contribution in [0.15, 0.2) is 30.5 Å². The highest BCUT2D eigenvalue weighted by molar-refractivity contribution is 5.89. The molecular formula is C17H16N6O. The zero-order valence-corrected chi connectivity index (χ0v) is 13.0. The van der Waals surface area contributed by atoms with Crippen molar-refractivity contribution in [3.63, 3.8) is 0 Å². The number of carbonyl (C=O) groups is 1. The van der Waals surface area contributed by atoms with Gasteiger partial charge in [0.2, 0.25) is 11.9 Å². The molecular weight excluding hydrogens is 304 g/mol. The number of nitrogens with zero attached hydrogens (tertiary/aromatic N) is 4. The van der Waals surface area contributed by atoms with Crippen LogP contribution in [0, 0.1) is 28.7 Å². The Morgan fingerprint density at radius 3 is 3.08 bits per heavy atom. The van der Waals surface area contributed by atoms with Crippen LogP contribution in [0.1, 0.15) is 18.4 Å². The van der Waals surface area contributed by atoms with E-state index in [1.165, 1.54) is 0 Å². The highest BCUT2D eigenvalue weighted by atomic mass is 16.1. The first-order valence-electron chi connectivity index (χ1n) is 7.68. The summed E-state index contributed by atoms with van der Waals surface area (Å²) in [7, 11) is 0. The Bertz CT molecular complexity index is 828. The normalized spacial score (nSPS) is 16.4. The zero-order valence-electron chi connectivity index (χ0n) is 13.0. The van der Waals surface area contributed by atoms with E-state index in [0.717, 1.165) is 17.7 Å². The van der Waals surface area contributed by atoms with Crippen LogP contribution in [-0.2, 0) is 4.79 Å². The number of imidazole rings is 1. The van der Waals surface area contributed by atoms with Crippen molar-refractivity contribution < 1.29 is 4.79 Å². The van der Waals surface area contributed by atoms with Gasteiger partial charge in [0.1, 0.15) is 0 Å². The van der Waals surface area contributed by atoms with Gasteiger partial charge in [0, 0.05) is 25.1 Å². The van der Waals surface area contributed by atoms with Crippen molar-refractivity contribution >= 4 is 11.9 Å². The quantitative estimate of drug-likeness (QED) is 0.838. The van der Waals surface area contributed by atoms with Gasteiger partial charge in [0.25, 0.3) is 0 Å². The van der Waals surface area contributed by atoms with Crippen LogP contribution in [0.5, 0.6) is 0 Å². The minimum absolute atomic E-state index is 0.119. The summed E-state index contributed by atoms with van der Waals surface area (Å²) >= 11 is 0. The standard InChI is InChI=1S/C17H16N6O/c18-8-12-2-1-3-14(6-12)15-9-20-17(21-15)22-16(24)7-13-4-5-23(10-13)11-19/h1-3,6,9,13H,4-5,7,10H2,(H2,20,21,22,24). The van der Waals surface area contributed by atoms with Crippen LogP contribution in [0.2, 0.25) is 0 Å². The van der Waals surface area contributed by atoms with Crippen molar-refractivity contribution in [2.75, 3.05) is 18.4 Å². The Morgan fingerprint density at radius 2 is 2.33 bits per heavy atom. The molecule has 2 aromatic rings. The number of carbonyl (C=O) groups excluding carboxylic acids is 1. The predicted octanol–water partition coefficient (Wildman–Crippen LogP) is 2.08. The maximum atomic E-state index is 12.1. The Hall–Kier alpha value is -3.32. The summed E-state index contributed by atoms with van der Waals surface area (Å²) in [6.07, 6.45) is 4.96. The molecule has 1 aliphatic rings. The number of amides is 1. The topological polar surface area (TPSA) is 109 Å². The van der Waals surface area contributed by atoms with Crippen molar-refractivity contribution in [2.24, 2.45) is 5.92 Å². The largest absolute Gasteiger partial charge is 0.324 e. The number of rotatable bonds is 4. The lowest BCUT2D eigenvalue weighted by Crippen LogP contribution is -2.19. The van der Waals surface area contributed by atoms with Gasteiger partial charge in [-0.25, -0.2) is 4.98 Å². The second kappa shape index (κ2) is 6.84. The summed E-state index contributed by atoms with van der Waals surface area (Å²) in [6.45, 7) is 1.35. The van der Waals surface area contributed by atoms with Crippen molar-refractivity contribution in [1.82, 2.24) is 14.9 Å². The van der Waals surface area contributed by atoms with Crippen molar-refractivity contribution in [3.05, 3.63) is 36.0 Å². The third-order valence-corrected chi connectivity index (χ3v) is 4.04. The molecule has 1 saturated heterocycles. The number of anilines is 1. The molecule has 2 heterocycles. The molecule has 3 rings (SSSR count). The van der Waals surface area contributed by atoms with Crippen molar-refractivity contribution in [3.8, 4) is 23.5 Å². The van der Waals surface area contributed by atoms with E-state index in [1.807, 2.05) is 6.07 Å². The smallest absolute Gasteiger partial charge is 0.227 e. The lowest BCUT2D eigenvalue weighted by atomic mass is 10.0. The Labute approximate surface area is 139 Å².